The molecule has 0 atom stereocenters. The van der Waals surface area contributed by atoms with E-state index in [4.69, 9.17) is 4.74 Å². The molecule has 2 rings (SSSR count). The quantitative estimate of drug-likeness (QED) is 0.772. The van der Waals surface area contributed by atoms with E-state index in [1.54, 1.807) is 13.0 Å². The molecule has 0 aliphatic rings. The topological polar surface area (TPSA) is 87.1 Å². The second-order valence-electron chi connectivity index (χ2n) is 6.94. The normalized spacial score (nSPS) is 10.9. The number of aryl methyl sites for hydroxylation is 3. The zero-order valence-electron chi connectivity index (χ0n) is 16.3. The fraction of sp³-hybridized carbons (Fsp3) is 0.333. The first-order valence-corrected chi connectivity index (χ1v) is 8.59. The summed E-state index contributed by atoms with van der Waals surface area (Å²) in [6.07, 6.45) is 0. The molecular formula is C21H25NO5. The maximum atomic E-state index is 12.0. The summed E-state index contributed by atoms with van der Waals surface area (Å²) < 4.78 is 5.91. The van der Waals surface area contributed by atoms with Crippen LogP contribution in [0, 0.1) is 20.8 Å². The number of carboxylic acids is 2. The van der Waals surface area contributed by atoms with E-state index in [2.05, 4.69) is 0 Å². The van der Waals surface area contributed by atoms with Gasteiger partial charge in [0.2, 0.25) is 0 Å². The van der Waals surface area contributed by atoms with Crippen LogP contribution in [0.1, 0.15) is 48.5 Å². The molecule has 2 aromatic rings. The number of hydrogen-bond donors (Lipinski definition) is 2. The minimum absolute atomic E-state index is 0.00191. The average molecular weight is 371 g/mol. The first kappa shape index (κ1) is 20.5. The zero-order chi connectivity index (χ0) is 20.3. The van der Waals surface area contributed by atoms with Gasteiger partial charge < -0.3 is 19.8 Å². The number of carbonyl (C=O) groups is 2. The highest BCUT2D eigenvalue weighted by Gasteiger charge is 2.25. The number of ether oxygens (including phenoxy) is 1. The van der Waals surface area contributed by atoms with Gasteiger partial charge in [-0.25, -0.2) is 9.59 Å². The van der Waals surface area contributed by atoms with E-state index in [-0.39, 0.29) is 23.3 Å². The molecular weight excluding hydrogens is 346 g/mol. The Morgan fingerprint density at radius 3 is 2.00 bits per heavy atom. The van der Waals surface area contributed by atoms with Crippen LogP contribution in [0.25, 0.3) is 0 Å². The number of rotatable bonds is 7. The highest BCUT2D eigenvalue weighted by Crippen LogP contribution is 2.28. The van der Waals surface area contributed by atoms with Crippen LogP contribution in [-0.2, 0) is 13.2 Å². The van der Waals surface area contributed by atoms with Crippen molar-refractivity contribution in [3.05, 3.63) is 63.2 Å². The van der Waals surface area contributed by atoms with Gasteiger partial charge in [-0.1, -0.05) is 24.3 Å². The third-order valence-electron chi connectivity index (χ3n) is 4.39. The Morgan fingerprint density at radius 1 is 0.963 bits per heavy atom. The Hall–Kier alpha value is -2.86. The molecule has 0 radical (unpaired) electrons. The summed E-state index contributed by atoms with van der Waals surface area (Å²) in [5, 5.41) is 19.5. The van der Waals surface area contributed by atoms with Crippen molar-refractivity contribution in [2.75, 3.05) is 14.1 Å². The lowest BCUT2D eigenvalue weighted by atomic mass is 9.91. The zero-order valence-corrected chi connectivity index (χ0v) is 16.3. The molecule has 2 N–H and O–H groups in total. The van der Waals surface area contributed by atoms with E-state index in [0.717, 1.165) is 11.1 Å². The van der Waals surface area contributed by atoms with Gasteiger partial charge in [-0.3, -0.25) is 0 Å². The van der Waals surface area contributed by atoms with Gasteiger partial charge >= 0.3 is 11.9 Å². The van der Waals surface area contributed by atoms with Crippen molar-refractivity contribution in [2.45, 2.75) is 33.9 Å². The van der Waals surface area contributed by atoms with E-state index in [9.17, 15) is 19.8 Å². The fourth-order valence-electron chi connectivity index (χ4n) is 3.31. The lowest BCUT2D eigenvalue weighted by Crippen LogP contribution is -2.20. The molecule has 0 unspecified atom stereocenters. The molecule has 0 saturated carbocycles. The smallest absolute Gasteiger partial charge is 0.336 e. The lowest BCUT2D eigenvalue weighted by molar-refractivity contribution is 0.0690. The van der Waals surface area contributed by atoms with E-state index in [1.165, 1.54) is 0 Å². The Bertz CT molecular complexity index is 866. The molecule has 0 bridgehead atoms. The minimum atomic E-state index is -1.16. The molecule has 2 aromatic carbocycles. The van der Waals surface area contributed by atoms with Gasteiger partial charge in [-0.05, 0) is 57.1 Å². The number of nitrogens with zero attached hydrogens (tertiary/aromatic N) is 1. The van der Waals surface area contributed by atoms with E-state index in [0.29, 0.717) is 23.4 Å². The number of aromatic carboxylic acids is 2. The van der Waals surface area contributed by atoms with Gasteiger partial charge in [-0.15, -0.1) is 0 Å². The van der Waals surface area contributed by atoms with Crippen molar-refractivity contribution in [3.8, 4) is 5.75 Å². The summed E-state index contributed by atoms with van der Waals surface area (Å²) in [5.41, 5.74) is 3.07. The molecule has 27 heavy (non-hydrogen) atoms. The second kappa shape index (κ2) is 8.22. The van der Waals surface area contributed by atoms with Crippen molar-refractivity contribution in [1.29, 1.82) is 0 Å². The summed E-state index contributed by atoms with van der Waals surface area (Å²) in [7, 11) is 3.66. The fourth-order valence-corrected chi connectivity index (χ4v) is 3.31. The molecule has 0 fully saturated rings. The van der Waals surface area contributed by atoms with Gasteiger partial charge in [0.05, 0.1) is 11.1 Å². The molecule has 0 aliphatic heterocycles. The highest BCUT2D eigenvalue weighted by atomic mass is 16.5. The van der Waals surface area contributed by atoms with Gasteiger partial charge in [0.15, 0.2) is 0 Å². The van der Waals surface area contributed by atoms with Crippen molar-refractivity contribution in [2.24, 2.45) is 0 Å². The van der Waals surface area contributed by atoms with Gasteiger partial charge in [0, 0.05) is 12.1 Å². The highest BCUT2D eigenvalue weighted by molar-refractivity contribution is 5.98. The van der Waals surface area contributed by atoms with E-state index in [1.807, 2.05) is 51.0 Å². The standard InChI is InChI=1S/C21H25NO5/c1-12-7-6-8-13(2)19(12)27-11-16-17(20(23)24)14(3)9-15(10-22(4)5)18(16)21(25)26/h6-9H,10-11H2,1-5H3,(H,23,24)(H,25,26). The first-order valence-electron chi connectivity index (χ1n) is 8.59. The van der Waals surface area contributed by atoms with Crippen LogP contribution >= 0.6 is 0 Å². The summed E-state index contributed by atoms with van der Waals surface area (Å²) in [5.74, 6) is -1.68. The third-order valence-corrected chi connectivity index (χ3v) is 4.39. The molecule has 6 heteroatoms. The monoisotopic (exact) mass is 371 g/mol. The Balaban J connectivity index is 2.62. The molecule has 0 spiro atoms. The first-order chi connectivity index (χ1) is 12.6. The van der Waals surface area contributed by atoms with Crippen molar-refractivity contribution in [1.82, 2.24) is 4.90 Å². The Kier molecular flexibility index (Phi) is 6.23. The Morgan fingerprint density at radius 2 is 1.52 bits per heavy atom. The Labute approximate surface area is 159 Å². The van der Waals surface area contributed by atoms with Crippen LogP contribution in [0.5, 0.6) is 5.75 Å². The predicted molar refractivity (Wildman–Crippen MR) is 103 cm³/mol. The van der Waals surface area contributed by atoms with Gasteiger partial charge in [-0.2, -0.15) is 0 Å². The minimum Gasteiger partial charge on any atom is -0.488 e. The maximum Gasteiger partial charge on any atom is 0.336 e. The van der Waals surface area contributed by atoms with Crippen LogP contribution in [0.3, 0.4) is 0 Å². The van der Waals surface area contributed by atoms with E-state index >= 15 is 0 Å². The van der Waals surface area contributed by atoms with Crippen molar-refractivity contribution < 1.29 is 24.5 Å². The average Bonchev–Trinajstić information content (AvgIpc) is 2.52. The summed E-state index contributed by atoms with van der Waals surface area (Å²) in [6.45, 7) is 5.73. The van der Waals surface area contributed by atoms with Crippen LogP contribution in [0.4, 0.5) is 0 Å². The molecule has 0 aromatic heterocycles. The summed E-state index contributed by atoms with van der Waals surface area (Å²) in [4.78, 5) is 25.7. The van der Waals surface area contributed by atoms with Crippen LogP contribution in [0.2, 0.25) is 0 Å². The molecule has 0 amide bonds. The summed E-state index contributed by atoms with van der Waals surface area (Å²) in [6, 6.07) is 7.33. The number of hydrogen-bond acceptors (Lipinski definition) is 4. The maximum absolute atomic E-state index is 12.0. The molecule has 6 nitrogen and oxygen atoms in total. The number of para-hydroxylation sites is 1. The van der Waals surface area contributed by atoms with Crippen LogP contribution < -0.4 is 4.74 Å². The molecule has 0 saturated heterocycles. The van der Waals surface area contributed by atoms with Gasteiger partial charge in [0.25, 0.3) is 0 Å². The largest absolute Gasteiger partial charge is 0.488 e. The van der Waals surface area contributed by atoms with Crippen molar-refractivity contribution in [3.63, 3.8) is 0 Å². The summed E-state index contributed by atoms with van der Waals surface area (Å²) >= 11 is 0. The SMILES string of the molecule is Cc1cccc(C)c1OCc1c(C(=O)O)c(C)cc(CN(C)C)c1C(=O)O. The molecule has 144 valence electrons. The van der Waals surface area contributed by atoms with Crippen LogP contribution in [0.15, 0.2) is 24.3 Å². The lowest BCUT2D eigenvalue weighted by Gasteiger charge is -2.20. The molecule has 0 heterocycles. The number of carboxylic acid groups (broad SMARTS) is 2. The van der Waals surface area contributed by atoms with Crippen LogP contribution in [-0.4, -0.2) is 41.1 Å². The van der Waals surface area contributed by atoms with Crippen molar-refractivity contribution >= 4 is 11.9 Å². The third kappa shape index (κ3) is 4.46. The van der Waals surface area contributed by atoms with E-state index < -0.39 is 11.9 Å². The second-order valence-corrected chi connectivity index (χ2v) is 6.94. The predicted octanol–water partition coefficient (Wildman–Crippen LogP) is 3.65. The number of benzene rings is 2. The van der Waals surface area contributed by atoms with Gasteiger partial charge in [0.1, 0.15) is 12.4 Å². The molecule has 0 aliphatic carbocycles.